The van der Waals surface area contributed by atoms with Gasteiger partial charge >= 0.3 is 0 Å². The van der Waals surface area contributed by atoms with Gasteiger partial charge in [-0.05, 0) is 18.4 Å². The fraction of sp³-hybridized carbons (Fsp3) is 0.444. The monoisotopic (exact) mass is 242 g/mol. The molecule has 0 aromatic heterocycles. The second-order valence-electron chi connectivity index (χ2n) is 4.75. The first-order valence-corrected chi connectivity index (χ1v) is 7.31. The Balaban J connectivity index is 2.02. The van der Waals surface area contributed by atoms with E-state index < -0.39 is 0 Å². The molecule has 0 saturated carbocycles. The zero-order chi connectivity index (χ0) is 12.9. The minimum Gasteiger partial charge on any atom is -0.0845 e. The predicted octanol–water partition coefficient (Wildman–Crippen LogP) is 6.01. The van der Waals surface area contributed by atoms with E-state index in [1.54, 1.807) is 0 Å². The summed E-state index contributed by atoms with van der Waals surface area (Å²) < 4.78 is 0. The maximum atomic E-state index is 2.28. The van der Waals surface area contributed by atoms with Crippen molar-refractivity contribution in [3.05, 3.63) is 54.1 Å². The molecule has 0 unspecified atom stereocenters. The van der Waals surface area contributed by atoms with Crippen LogP contribution in [0, 0.1) is 0 Å². The molecule has 0 aliphatic rings. The van der Waals surface area contributed by atoms with Gasteiger partial charge in [-0.25, -0.2) is 0 Å². The molecule has 0 N–H and O–H groups in total. The number of benzene rings is 1. The number of hydrogen-bond acceptors (Lipinski definition) is 0. The molecule has 1 aromatic carbocycles. The number of unbranched alkanes of at least 4 members (excludes halogenated alkanes) is 6. The van der Waals surface area contributed by atoms with Crippen LogP contribution in [0.25, 0.3) is 6.08 Å². The van der Waals surface area contributed by atoms with Crippen molar-refractivity contribution < 1.29 is 0 Å². The summed E-state index contributed by atoms with van der Waals surface area (Å²) >= 11 is 0. The number of rotatable bonds is 9. The van der Waals surface area contributed by atoms with E-state index in [0.717, 1.165) is 0 Å². The highest BCUT2D eigenvalue weighted by Crippen LogP contribution is 2.07. The van der Waals surface area contributed by atoms with Crippen molar-refractivity contribution in [2.24, 2.45) is 0 Å². The molecule has 0 fully saturated rings. The molecule has 98 valence electrons. The van der Waals surface area contributed by atoms with Gasteiger partial charge in [0.25, 0.3) is 0 Å². The van der Waals surface area contributed by atoms with Crippen LogP contribution < -0.4 is 0 Å². The summed E-state index contributed by atoms with van der Waals surface area (Å²) in [7, 11) is 0. The SMILES string of the molecule is CCCCCCCC/C=C/C=C/c1ccccc1. The molecule has 0 spiro atoms. The predicted molar refractivity (Wildman–Crippen MR) is 82.6 cm³/mol. The molecule has 1 aromatic rings. The largest absolute Gasteiger partial charge is 0.0845 e. The highest BCUT2D eigenvalue weighted by molar-refractivity contribution is 5.50. The van der Waals surface area contributed by atoms with Crippen LogP contribution in [0.3, 0.4) is 0 Å². The van der Waals surface area contributed by atoms with E-state index in [2.05, 4.69) is 55.5 Å². The fourth-order valence-corrected chi connectivity index (χ4v) is 1.95. The lowest BCUT2D eigenvalue weighted by atomic mass is 10.1. The minimum atomic E-state index is 1.21. The molecule has 0 radical (unpaired) electrons. The molecule has 0 heteroatoms. The Hall–Kier alpha value is -1.30. The van der Waals surface area contributed by atoms with Gasteiger partial charge in [-0.2, -0.15) is 0 Å². The molecule has 0 aliphatic heterocycles. The van der Waals surface area contributed by atoms with E-state index in [1.807, 2.05) is 6.07 Å². The molecule has 1 rings (SSSR count). The zero-order valence-electron chi connectivity index (χ0n) is 11.6. The lowest BCUT2D eigenvalue weighted by Crippen LogP contribution is -1.77. The molecule has 18 heavy (non-hydrogen) atoms. The Morgan fingerprint density at radius 1 is 0.833 bits per heavy atom. The van der Waals surface area contributed by atoms with Crippen LogP contribution in [0.4, 0.5) is 0 Å². The normalized spacial score (nSPS) is 11.6. The lowest BCUT2D eigenvalue weighted by molar-refractivity contribution is 0.611. The molecular weight excluding hydrogens is 216 g/mol. The van der Waals surface area contributed by atoms with Crippen molar-refractivity contribution in [2.75, 3.05) is 0 Å². The van der Waals surface area contributed by atoms with Crippen molar-refractivity contribution >= 4 is 6.08 Å². The third-order valence-corrected chi connectivity index (χ3v) is 3.06. The van der Waals surface area contributed by atoms with Crippen LogP contribution in [0.1, 0.15) is 57.4 Å². The number of allylic oxidation sites excluding steroid dienone is 3. The summed E-state index contributed by atoms with van der Waals surface area (Å²) in [4.78, 5) is 0. The molecule has 0 bridgehead atoms. The average Bonchev–Trinajstić information content (AvgIpc) is 2.42. The Kier molecular flexibility index (Phi) is 8.88. The van der Waals surface area contributed by atoms with Crippen molar-refractivity contribution in [2.45, 2.75) is 51.9 Å². The van der Waals surface area contributed by atoms with Crippen LogP contribution in [-0.2, 0) is 0 Å². The molecule has 0 amide bonds. The summed E-state index contributed by atoms with van der Waals surface area (Å²) in [5, 5.41) is 0. The fourth-order valence-electron chi connectivity index (χ4n) is 1.95. The van der Waals surface area contributed by atoms with Gasteiger partial charge in [0.1, 0.15) is 0 Å². The molecule has 0 nitrogen and oxygen atoms in total. The topological polar surface area (TPSA) is 0 Å². The molecule has 0 atom stereocenters. The maximum Gasteiger partial charge on any atom is -0.0257 e. The Labute approximate surface area is 112 Å². The summed E-state index contributed by atoms with van der Waals surface area (Å²) in [5.74, 6) is 0. The highest BCUT2D eigenvalue weighted by Gasteiger charge is 1.87. The lowest BCUT2D eigenvalue weighted by Gasteiger charge is -1.97. The highest BCUT2D eigenvalue weighted by atomic mass is 13.9. The van der Waals surface area contributed by atoms with Gasteiger partial charge in [-0.3, -0.25) is 0 Å². The van der Waals surface area contributed by atoms with Gasteiger partial charge in [0.15, 0.2) is 0 Å². The number of hydrogen-bond donors (Lipinski definition) is 0. The zero-order valence-corrected chi connectivity index (χ0v) is 11.6. The van der Waals surface area contributed by atoms with Crippen LogP contribution >= 0.6 is 0 Å². The van der Waals surface area contributed by atoms with E-state index in [0.29, 0.717) is 0 Å². The Morgan fingerprint density at radius 2 is 1.56 bits per heavy atom. The van der Waals surface area contributed by atoms with E-state index in [1.165, 1.54) is 50.5 Å². The van der Waals surface area contributed by atoms with Crippen molar-refractivity contribution in [1.82, 2.24) is 0 Å². The van der Waals surface area contributed by atoms with E-state index in [4.69, 9.17) is 0 Å². The minimum absolute atomic E-state index is 1.21. The van der Waals surface area contributed by atoms with Crippen molar-refractivity contribution in [3.63, 3.8) is 0 Å². The van der Waals surface area contributed by atoms with Gasteiger partial charge in [-0.15, -0.1) is 0 Å². The third-order valence-electron chi connectivity index (χ3n) is 3.06. The van der Waals surface area contributed by atoms with Crippen LogP contribution in [0.5, 0.6) is 0 Å². The van der Waals surface area contributed by atoms with E-state index in [9.17, 15) is 0 Å². The van der Waals surface area contributed by atoms with Gasteiger partial charge in [0, 0.05) is 0 Å². The second kappa shape index (κ2) is 10.8. The van der Waals surface area contributed by atoms with Gasteiger partial charge in [-0.1, -0.05) is 93.7 Å². The Morgan fingerprint density at radius 3 is 2.33 bits per heavy atom. The second-order valence-corrected chi connectivity index (χ2v) is 4.75. The van der Waals surface area contributed by atoms with Crippen molar-refractivity contribution in [1.29, 1.82) is 0 Å². The summed E-state index contributed by atoms with van der Waals surface area (Å²) in [6, 6.07) is 10.4. The van der Waals surface area contributed by atoms with Gasteiger partial charge < -0.3 is 0 Å². The third kappa shape index (κ3) is 7.89. The van der Waals surface area contributed by atoms with Gasteiger partial charge in [0.05, 0.1) is 0 Å². The van der Waals surface area contributed by atoms with Crippen LogP contribution in [0.15, 0.2) is 48.6 Å². The van der Waals surface area contributed by atoms with Gasteiger partial charge in [0.2, 0.25) is 0 Å². The van der Waals surface area contributed by atoms with E-state index in [-0.39, 0.29) is 0 Å². The first-order chi connectivity index (χ1) is 8.93. The Bertz CT molecular complexity index is 332. The van der Waals surface area contributed by atoms with Crippen LogP contribution in [0.2, 0.25) is 0 Å². The summed E-state index contributed by atoms with van der Waals surface area (Å²) in [6.07, 6.45) is 18.2. The van der Waals surface area contributed by atoms with E-state index >= 15 is 0 Å². The molecule has 0 saturated heterocycles. The summed E-state index contributed by atoms with van der Waals surface area (Å²) in [5.41, 5.74) is 1.27. The summed E-state index contributed by atoms with van der Waals surface area (Å²) in [6.45, 7) is 2.27. The molecule has 0 heterocycles. The van der Waals surface area contributed by atoms with Crippen LogP contribution in [-0.4, -0.2) is 0 Å². The van der Waals surface area contributed by atoms with Crippen molar-refractivity contribution in [3.8, 4) is 0 Å². The first-order valence-electron chi connectivity index (χ1n) is 7.31. The smallest absolute Gasteiger partial charge is 0.0257 e. The quantitative estimate of drug-likeness (QED) is 0.367. The first kappa shape index (κ1) is 14.8. The maximum absolute atomic E-state index is 2.28. The molecular formula is C18H26. The standard InChI is InChI=1S/C18H26/c1-2-3-4-5-6-7-8-9-10-12-15-18-16-13-11-14-17-18/h9-17H,2-8H2,1H3/b10-9+,15-12+. The average molecular weight is 242 g/mol. The molecule has 0 aliphatic carbocycles.